The number of rotatable bonds is 8. The Morgan fingerprint density at radius 3 is 2.66 bits per heavy atom. The van der Waals surface area contributed by atoms with Crippen molar-refractivity contribution in [3.05, 3.63) is 29.8 Å². The lowest BCUT2D eigenvalue weighted by atomic mass is 9.95. The van der Waals surface area contributed by atoms with Gasteiger partial charge in [-0.25, -0.2) is 0 Å². The van der Waals surface area contributed by atoms with E-state index >= 15 is 0 Å². The van der Waals surface area contributed by atoms with E-state index in [1.807, 2.05) is 35.2 Å². The molecule has 2 aliphatic rings. The highest BCUT2D eigenvalue weighted by Crippen LogP contribution is 2.22. The van der Waals surface area contributed by atoms with Gasteiger partial charge in [-0.2, -0.15) is 0 Å². The fourth-order valence-corrected chi connectivity index (χ4v) is 4.64. The van der Waals surface area contributed by atoms with E-state index in [1.165, 1.54) is 4.90 Å². The van der Waals surface area contributed by atoms with Crippen molar-refractivity contribution in [2.24, 2.45) is 5.92 Å². The van der Waals surface area contributed by atoms with Crippen molar-refractivity contribution >= 4 is 29.5 Å². The van der Waals surface area contributed by atoms with E-state index in [9.17, 15) is 14.4 Å². The molecule has 0 aliphatic carbocycles. The van der Waals surface area contributed by atoms with Crippen molar-refractivity contribution in [2.45, 2.75) is 43.5 Å². The van der Waals surface area contributed by atoms with Crippen LogP contribution < -0.4 is 0 Å². The molecule has 0 saturated carbocycles. The van der Waals surface area contributed by atoms with Gasteiger partial charge in [0, 0.05) is 57.5 Å². The molecule has 2 fully saturated rings. The molecule has 0 N–H and O–H groups in total. The SMILES string of the molecule is CSc1cccc(CN(C)C(=O)[C@@H]2CCC(=O)N(CCCN3CCCC3=O)C2)c1. The van der Waals surface area contributed by atoms with Crippen LogP contribution in [-0.2, 0) is 20.9 Å². The third kappa shape index (κ3) is 5.75. The average Bonchev–Trinajstić information content (AvgIpc) is 3.13. The number of hydrogen-bond acceptors (Lipinski definition) is 4. The second-order valence-corrected chi connectivity index (χ2v) is 8.84. The minimum absolute atomic E-state index is 0.103. The number of carbonyl (C=O) groups excluding carboxylic acids is 3. The van der Waals surface area contributed by atoms with Gasteiger partial charge in [0.05, 0.1) is 5.92 Å². The zero-order valence-corrected chi connectivity index (χ0v) is 18.2. The summed E-state index contributed by atoms with van der Waals surface area (Å²) in [7, 11) is 1.84. The molecule has 3 rings (SSSR count). The first-order valence-corrected chi connectivity index (χ1v) is 11.6. The van der Waals surface area contributed by atoms with Gasteiger partial charge < -0.3 is 14.7 Å². The fourth-order valence-electron chi connectivity index (χ4n) is 4.16. The van der Waals surface area contributed by atoms with Crippen LogP contribution in [0.4, 0.5) is 0 Å². The summed E-state index contributed by atoms with van der Waals surface area (Å²) in [6.07, 6.45) is 5.44. The normalized spacial score (nSPS) is 19.7. The van der Waals surface area contributed by atoms with Crippen LogP contribution in [0.15, 0.2) is 29.2 Å². The third-order valence-corrected chi connectivity index (χ3v) is 6.53. The lowest BCUT2D eigenvalue weighted by Gasteiger charge is -2.34. The Morgan fingerprint density at radius 2 is 1.93 bits per heavy atom. The van der Waals surface area contributed by atoms with E-state index in [-0.39, 0.29) is 23.6 Å². The van der Waals surface area contributed by atoms with Gasteiger partial charge in [-0.15, -0.1) is 11.8 Å². The van der Waals surface area contributed by atoms with Gasteiger partial charge in [-0.1, -0.05) is 12.1 Å². The van der Waals surface area contributed by atoms with E-state index in [0.717, 1.165) is 24.9 Å². The minimum atomic E-state index is -0.144. The molecule has 2 aliphatic heterocycles. The second-order valence-electron chi connectivity index (χ2n) is 7.96. The molecule has 3 amide bonds. The third-order valence-electron chi connectivity index (χ3n) is 5.81. The highest BCUT2D eigenvalue weighted by atomic mass is 32.2. The van der Waals surface area contributed by atoms with Gasteiger partial charge in [0.15, 0.2) is 0 Å². The van der Waals surface area contributed by atoms with Gasteiger partial charge in [-0.3, -0.25) is 14.4 Å². The molecule has 1 aromatic rings. The number of carbonyl (C=O) groups is 3. The van der Waals surface area contributed by atoms with Crippen LogP contribution in [0, 0.1) is 5.92 Å². The first-order chi connectivity index (χ1) is 14.0. The van der Waals surface area contributed by atoms with E-state index in [1.54, 1.807) is 16.7 Å². The molecule has 6 nitrogen and oxygen atoms in total. The highest BCUT2D eigenvalue weighted by molar-refractivity contribution is 7.98. The zero-order chi connectivity index (χ0) is 20.8. The Hall–Kier alpha value is -2.02. The van der Waals surface area contributed by atoms with Crippen molar-refractivity contribution < 1.29 is 14.4 Å². The number of likely N-dealkylation sites (tertiary alicyclic amines) is 2. The number of benzene rings is 1. The Kier molecular flexibility index (Phi) is 7.58. The summed E-state index contributed by atoms with van der Waals surface area (Å²) in [5, 5.41) is 0. The smallest absolute Gasteiger partial charge is 0.227 e. The highest BCUT2D eigenvalue weighted by Gasteiger charge is 2.32. The van der Waals surface area contributed by atoms with Crippen LogP contribution >= 0.6 is 11.8 Å². The van der Waals surface area contributed by atoms with E-state index in [0.29, 0.717) is 45.4 Å². The lowest BCUT2D eigenvalue weighted by molar-refractivity contribution is -0.142. The number of nitrogens with zero attached hydrogens (tertiary/aromatic N) is 3. The Bertz CT molecular complexity index is 755. The standard InChI is InChI=1S/C22H31N3O3S/c1-23(15-17-6-3-7-19(14-17)29-2)22(28)18-9-10-21(27)25(16-18)13-5-12-24-11-4-8-20(24)26/h3,6-7,14,18H,4-5,8-13,15-16H2,1-2H3/t18-/m1/s1. The largest absolute Gasteiger partial charge is 0.343 e. The van der Waals surface area contributed by atoms with E-state index < -0.39 is 0 Å². The van der Waals surface area contributed by atoms with Crippen LogP contribution in [0.2, 0.25) is 0 Å². The van der Waals surface area contributed by atoms with E-state index in [2.05, 4.69) is 12.1 Å². The van der Waals surface area contributed by atoms with Gasteiger partial charge in [-0.05, 0) is 43.2 Å². The number of piperidine rings is 1. The first-order valence-electron chi connectivity index (χ1n) is 10.4. The summed E-state index contributed by atoms with van der Waals surface area (Å²) in [6, 6.07) is 8.24. The monoisotopic (exact) mass is 417 g/mol. The quantitative estimate of drug-likeness (QED) is 0.610. The number of thioether (sulfide) groups is 1. The molecule has 0 aromatic heterocycles. The second kappa shape index (κ2) is 10.1. The summed E-state index contributed by atoms with van der Waals surface area (Å²) < 4.78 is 0. The maximum atomic E-state index is 13.0. The zero-order valence-electron chi connectivity index (χ0n) is 17.4. The molecule has 7 heteroatoms. The van der Waals surface area contributed by atoms with Crippen LogP contribution in [0.5, 0.6) is 0 Å². The van der Waals surface area contributed by atoms with Crippen molar-refractivity contribution in [1.82, 2.24) is 14.7 Å². The number of amides is 3. The molecule has 2 saturated heterocycles. The molecule has 0 spiro atoms. The van der Waals surface area contributed by atoms with Crippen molar-refractivity contribution in [3.8, 4) is 0 Å². The topological polar surface area (TPSA) is 60.9 Å². The van der Waals surface area contributed by atoms with Crippen LogP contribution in [0.1, 0.15) is 37.7 Å². The molecule has 2 heterocycles. The molecular formula is C22H31N3O3S. The molecule has 1 aromatic carbocycles. The molecule has 0 radical (unpaired) electrons. The predicted octanol–water partition coefficient (Wildman–Crippen LogP) is 2.62. The lowest BCUT2D eigenvalue weighted by Crippen LogP contribution is -2.46. The maximum absolute atomic E-state index is 13.0. The first kappa shape index (κ1) is 21.7. The minimum Gasteiger partial charge on any atom is -0.343 e. The van der Waals surface area contributed by atoms with Gasteiger partial charge in [0.2, 0.25) is 17.7 Å². The Morgan fingerprint density at radius 1 is 1.17 bits per heavy atom. The molecule has 158 valence electrons. The summed E-state index contributed by atoms with van der Waals surface area (Å²) in [6.45, 7) is 3.21. The van der Waals surface area contributed by atoms with Crippen LogP contribution in [0.3, 0.4) is 0 Å². The molecule has 0 unspecified atom stereocenters. The van der Waals surface area contributed by atoms with E-state index in [4.69, 9.17) is 0 Å². The molecule has 29 heavy (non-hydrogen) atoms. The predicted molar refractivity (Wildman–Crippen MR) is 114 cm³/mol. The average molecular weight is 418 g/mol. The van der Waals surface area contributed by atoms with Crippen molar-refractivity contribution in [3.63, 3.8) is 0 Å². The van der Waals surface area contributed by atoms with Crippen LogP contribution in [-0.4, -0.2) is 71.9 Å². The maximum Gasteiger partial charge on any atom is 0.227 e. The van der Waals surface area contributed by atoms with Crippen LogP contribution in [0.25, 0.3) is 0 Å². The fraction of sp³-hybridized carbons (Fsp3) is 0.591. The molecule has 0 bridgehead atoms. The summed E-state index contributed by atoms with van der Waals surface area (Å²) >= 11 is 1.69. The summed E-state index contributed by atoms with van der Waals surface area (Å²) in [5.74, 6) is 0.300. The number of hydrogen-bond donors (Lipinski definition) is 0. The molecular weight excluding hydrogens is 386 g/mol. The Labute approximate surface area is 177 Å². The van der Waals surface area contributed by atoms with Gasteiger partial charge in [0.25, 0.3) is 0 Å². The summed E-state index contributed by atoms with van der Waals surface area (Å²) in [4.78, 5) is 43.7. The van der Waals surface area contributed by atoms with Gasteiger partial charge in [0.1, 0.15) is 0 Å². The van der Waals surface area contributed by atoms with Crippen molar-refractivity contribution in [2.75, 3.05) is 39.5 Å². The Balaban J connectivity index is 1.50. The van der Waals surface area contributed by atoms with Crippen molar-refractivity contribution in [1.29, 1.82) is 0 Å². The molecule has 1 atom stereocenters. The van der Waals surface area contributed by atoms with Gasteiger partial charge >= 0.3 is 0 Å². The summed E-state index contributed by atoms with van der Waals surface area (Å²) in [5.41, 5.74) is 1.12.